The van der Waals surface area contributed by atoms with Gasteiger partial charge < -0.3 is 10.2 Å². The molecule has 0 aromatic rings. The fraction of sp³-hybridized carbons (Fsp3) is 0.900. The van der Waals surface area contributed by atoms with E-state index in [9.17, 15) is 13.6 Å². The highest BCUT2D eigenvalue weighted by Gasteiger charge is 2.43. The third-order valence-corrected chi connectivity index (χ3v) is 3.30. The summed E-state index contributed by atoms with van der Waals surface area (Å²) in [5, 5.41) is 2.59. The summed E-state index contributed by atoms with van der Waals surface area (Å²) in [7, 11) is 0. The van der Waals surface area contributed by atoms with Crippen molar-refractivity contribution in [3.63, 3.8) is 0 Å². The number of hydrogen-bond acceptors (Lipinski definition) is 1. The van der Waals surface area contributed by atoms with Crippen LogP contribution in [-0.2, 0) is 0 Å². The zero-order chi connectivity index (χ0) is 10.9. The fourth-order valence-corrected chi connectivity index (χ4v) is 2.09. The van der Waals surface area contributed by atoms with Gasteiger partial charge in [-0.25, -0.2) is 13.6 Å². The highest BCUT2D eigenvalue weighted by atomic mass is 19.3. The van der Waals surface area contributed by atoms with Gasteiger partial charge in [-0.05, 0) is 19.3 Å². The molecule has 2 amide bonds. The van der Waals surface area contributed by atoms with Gasteiger partial charge in [-0.2, -0.15) is 0 Å². The van der Waals surface area contributed by atoms with E-state index in [1.54, 1.807) is 4.90 Å². The number of halogens is 2. The molecule has 1 saturated heterocycles. The molecular formula is C10H16F2N2O. The number of amides is 2. The maximum Gasteiger partial charge on any atom is 0.317 e. The lowest BCUT2D eigenvalue weighted by molar-refractivity contribution is -0.0353. The minimum Gasteiger partial charge on any atom is -0.337 e. The van der Waals surface area contributed by atoms with E-state index < -0.39 is 11.8 Å². The van der Waals surface area contributed by atoms with Crippen molar-refractivity contribution in [1.29, 1.82) is 0 Å². The molecule has 5 heteroatoms. The number of hydrogen-bond donors (Lipinski definition) is 1. The Morgan fingerprint density at radius 1 is 1.40 bits per heavy atom. The van der Waals surface area contributed by atoms with Crippen LogP contribution in [0, 0.1) is 5.92 Å². The summed E-state index contributed by atoms with van der Waals surface area (Å²) in [4.78, 5) is 13.0. The van der Waals surface area contributed by atoms with E-state index in [4.69, 9.17) is 0 Å². The van der Waals surface area contributed by atoms with Crippen LogP contribution in [0.4, 0.5) is 13.6 Å². The second kappa shape index (κ2) is 3.94. The topological polar surface area (TPSA) is 32.3 Å². The van der Waals surface area contributed by atoms with Gasteiger partial charge >= 0.3 is 6.03 Å². The van der Waals surface area contributed by atoms with Crippen molar-refractivity contribution < 1.29 is 13.6 Å². The van der Waals surface area contributed by atoms with Crippen LogP contribution in [0.3, 0.4) is 0 Å². The summed E-state index contributed by atoms with van der Waals surface area (Å²) in [6, 6.07) is -0.191. The Morgan fingerprint density at radius 3 is 2.60 bits per heavy atom. The predicted octanol–water partition coefficient (Wildman–Crippen LogP) is 1.84. The number of alkyl halides is 2. The largest absolute Gasteiger partial charge is 0.337 e. The summed E-state index contributed by atoms with van der Waals surface area (Å²) in [5.41, 5.74) is 0. The molecule has 1 unspecified atom stereocenters. The van der Waals surface area contributed by atoms with Crippen LogP contribution in [-0.4, -0.2) is 36.5 Å². The summed E-state index contributed by atoms with van der Waals surface area (Å²) in [6.07, 6.45) is 2.08. The van der Waals surface area contributed by atoms with E-state index in [1.165, 1.54) is 0 Å². The van der Waals surface area contributed by atoms with Crippen LogP contribution >= 0.6 is 0 Å². The standard InChI is InChI=1S/C10H16F2N2O/c11-10(12)4-1-3-8(10)7-13-9(15)14-5-2-6-14/h8H,1-7H2,(H,13,15). The van der Waals surface area contributed by atoms with Crippen molar-refractivity contribution in [2.24, 2.45) is 5.92 Å². The van der Waals surface area contributed by atoms with Gasteiger partial charge in [0.1, 0.15) is 0 Å². The minimum absolute atomic E-state index is 0.0305. The lowest BCUT2D eigenvalue weighted by Gasteiger charge is -2.31. The molecule has 0 radical (unpaired) electrons. The molecule has 0 aromatic heterocycles. The number of urea groups is 1. The summed E-state index contributed by atoms with van der Waals surface area (Å²) in [6.45, 7) is 1.63. The lowest BCUT2D eigenvalue weighted by atomic mass is 10.1. The van der Waals surface area contributed by atoms with Crippen molar-refractivity contribution in [3.8, 4) is 0 Å². The number of carbonyl (C=O) groups is 1. The molecule has 2 fully saturated rings. The van der Waals surface area contributed by atoms with Gasteiger partial charge in [0, 0.05) is 32.0 Å². The van der Waals surface area contributed by atoms with E-state index >= 15 is 0 Å². The van der Waals surface area contributed by atoms with E-state index in [2.05, 4.69) is 5.32 Å². The molecule has 0 bridgehead atoms. The molecule has 1 heterocycles. The summed E-state index contributed by atoms with van der Waals surface area (Å²) < 4.78 is 26.4. The number of nitrogens with zero attached hydrogens (tertiary/aromatic N) is 1. The number of carbonyl (C=O) groups excluding carboxylic acids is 1. The smallest absolute Gasteiger partial charge is 0.317 e. The molecule has 15 heavy (non-hydrogen) atoms. The van der Waals surface area contributed by atoms with Gasteiger partial charge in [-0.1, -0.05) is 0 Å². The highest BCUT2D eigenvalue weighted by molar-refractivity contribution is 5.74. The van der Waals surface area contributed by atoms with Gasteiger partial charge in [0.15, 0.2) is 0 Å². The molecule has 2 rings (SSSR count). The first-order valence-electron chi connectivity index (χ1n) is 5.50. The average Bonchev–Trinajstić information content (AvgIpc) is 2.38. The Kier molecular flexibility index (Phi) is 2.80. The normalized spacial score (nSPS) is 28.7. The molecule has 1 aliphatic heterocycles. The first-order chi connectivity index (χ1) is 7.09. The van der Waals surface area contributed by atoms with Crippen LogP contribution in [0.25, 0.3) is 0 Å². The third-order valence-electron chi connectivity index (χ3n) is 3.30. The van der Waals surface area contributed by atoms with Crippen LogP contribution < -0.4 is 5.32 Å². The zero-order valence-corrected chi connectivity index (χ0v) is 8.64. The molecule has 1 N–H and O–H groups in total. The van der Waals surface area contributed by atoms with Crippen LogP contribution in [0.5, 0.6) is 0 Å². The molecule has 3 nitrogen and oxygen atoms in total. The first-order valence-corrected chi connectivity index (χ1v) is 5.50. The van der Waals surface area contributed by atoms with Crippen molar-refractivity contribution >= 4 is 6.03 Å². The van der Waals surface area contributed by atoms with Crippen molar-refractivity contribution in [3.05, 3.63) is 0 Å². The molecule has 1 atom stereocenters. The number of nitrogens with one attached hydrogen (secondary N) is 1. The molecule has 1 aliphatic carbocycles. The van der Waals surface area contributed by atoms with E-state index in [0.717, 1.165) is 19.5 Å². The number of likely N-dealkylation sites (tertiary alicyclic amines) is 1. The van der Waals surface area contributed by atoms with Crippen molar-refractivity contribution in [2.75, 3.05) is 19.6 Å². The Hall–Kier alpha value is -0.870. The highest BCUT2D eigenvalue weighted by Crippen LogP contribution is 2.39. The van der Waals surface area contributed by atoms with E-state index in [1.807, 2.05) is 0 Å². The van der Waals surface area contributed by atoms with E-state index in [-0.39, 0.29) is 19.0 Å². The molecule has 86 valence electrons. The molecular weight excluding hydrogens is 202 g/mol. The van der Waals surface area contributed by atoms with E-state index in [0.29, 0.717) is 12.8 Å². The van der Waals surface area contributed by atoms with Gasteiger partial charge in [-0.3, -0.25) is 0 Å². The predicted molar refractivity (Wildman–Crippen MR) is 51.9 cm³/mol. The van der Waals surface area contributed by atoms with Gasteiger partial charge in [0.2, 0.25) is 0 Å². The molecule has 1 saturated carbocycles. The van der Waals surface area contributed by atoms with Gasteiger partial charge in [0.25, 0.3) is 5.92 Å². The maximum absolute atomic E-state index is 13.2. The third kappa shape index (κ3) is 2.21. The quantitative estimate of drug-likeness (QED) is 0.753. The number of rotatable bonds is 2. The lowest BCUT2D eigenvalue weighted by Crippen LogP contribution is -2.49. The van der Waals surface area contributed by atoms with Gasteiger partial charge in [0.05, 0.1) is 0 Å². The minimum atomic E-state index is -2.58. The molecule has 0 spiro atoms. The van der Waals surface area contributed by atoms with Crippen molar-refractivity contribution in [1.82, 2.24) is 10.2 Å². The van der Waals surface area contributed by atoms with Crippen LogP contribution in [0.2, 0.25) is 0 Å². The monoisotopic (exact) mass is 218 g/mol. The molecule has 0 aromatic carbocycles. The first kappa shape index (κ1) is 10.6. The summed E-state index contributed by atoms with van der Waals surface area (Å²) >= 11 is 0. The van der Waals surface area contributed by atoms with Gasteiger partial charge in [-0.15, -0.1) is 0 Å². The van der Waals surface area contributed by atoms with Crippen LogP contribution in [0.15, 0.2) is 0 Å². The maximum atomic E-state index is 13.2. The summed E-state index contributed by atoms with van der Waals surface area (Å²) in [5.74, 6) is -3.25. The SMILES string of the molecule is O=C(NCC1CCCC1(F)F)N1CCC1. The second-order valence-corrected chi connectivity index (χ2v) is 4.38. The molecule has 2 aliphatic rings. The Balaban J connectivity index is 1.75. The average molecular weight is 218 g/mol. The second-order valence-electron chi connectivity index (χ2n) is 4.38. The zero-order valence-electron chi connectivity index (χ0n) is 8.64. The Labute approximate surface area is 87.8 Å². The van der Waals surface area contributed by atoms with Crippen LogP contribution in [0.1, 0.15) is 25.7 Å². The van der Waals surface area contributed by atoms with Crippen molar-refractivity contribution in [2.45, 2.75) is 31.6 Å². The Bertz CT molecular complexity index is 254. The fourth-order valence-electron chi connectivity index (χ4n) is 2.09. The Morgan fingerprint density at radius 2 is 2.13 bits per heavy atom.